The van der Waals surface area contributed by atoms with Crippen LogP contribution in [0.5, 0.6) is 0 Å². The minimum absolute atomic E-state index is 0.128. The van der Waals surface area contributed by atoms with E-state index in [2.05, 4.69) is 0 Å². The molecule has 0 aromatic rings. The van der Waals surface area contributed by atoms with Crippen molar-refractivity contribution in [2.45, 2.75) is 63.5 Å². The van der Waals surface area contributed by atoms with Gasteiger partial charge in [-0.25, -0.2) is 0 Å². The molecule has 5 N–H and O–H groups in total. The zero-order valence-corrected chi connectivity index (χ0v) is 13.0. The Morgan fingerprint density at radius 3 is 2.45 bits per heavy atom. The second-order valence-corrected chi connectivity index (χ2v) is 6.47. The van der Waals surface area contributed by atoms with E-state index in [0.717, 1.165) is 17.9 Å². The van der Waals surface area contributed by atoms with Crippen LogP contribution in [0.15, 0.2) is 0 Å². The molecule has 0 amide bonds. The van der Waals surface area contributed by atoms with Crippen LogP contribution in [-0.2, 0) is 9.47 Å². The molecule has 1 saturated heterocycles. The fourth-order valence-corrected chi connectivity index (χ4v) is 3.00. The molecule has 0 radical (unpaired) electrons. The van der Waals surface area contributed by atoms with Crippen LogP contribution in [0.1, 0.15) is 26.7 Å². The van der Waals surface area contributed by atoms with Gasteiger partial charge >= 0.3 is 0 Å². The summed E-state index contributed by atoms with van der Waals surface area (Å²) in [7, 11) is 0. The van der Waals surface area contributed by atoms with Gasteiger partial charge in [0.2, 0.25) is 0 Å². The highest BCUT2D eigenvalue weighted by Gasteiger charge is 2.44. The van der Waals surface area contributed by atoms with Crippen molar-refractivity contribution in [3.05, 3.63) is 0 Å². The van der Waals surface area contributed by atoms with Crippen molar-refractivity contribution >= 4 is 11.8 Å². The summed E-state index contributed by atoms with van der Waals surface area (Å²) in [5.74, 6) is 1.77. The fraction of sp³-hybridized carbons (Fsp3) is 1.00. The normalized spacial score (nSPS) is 34.6. The number of hydrogen-bond acceptors (Lipinski definition) is 7. The minimum atomic E-state index is -1.24. The van der Waals surface area contributed by atoms with Gasteiger partial charge in [0.25, 0.3) is 0 Å². The molecule has 120 valence electrons. The van der Waals surface area contributed by atoms with E-state index >= 15 is 0 Å². The third kappa shape index (κ3) is 5.48. The Bertz CT molecular complexity index is 269. The number of nitrogens with two attached hydrogens (primary N) is 1. The van der Waals surface area contributed by atoms with Gasteiger partial charge in [0.1, 0.15) is 18.3 Å². The lowest BCUT2D eigenvalue weighted by molar-refractivity contribution is -0.304. The molecule has 1 fully saturated rings. The molecule has 7 heteroatoms. The summed E-state index contributed by atoms with van der Waals surface area (Å²) in [4.78, 5) is 0. The van der Waals surface area contributed by atoms with Crippen LogP contribution in [-0.4, -0.2) is 70.2 Å². The van der Waals surface area contributed by atoms with E-state index in [0.29, 0.717) is 13.0 Å². The smallest absolute Gasteiger partial charge is 0.186 e. The molecule has 1 heterocycles. The zero-order chi connectivity index (χ0) is 15.1. The highest BCUT2D eigenvalue weighted by atomic mass is 32.2. The minimum Gasteiger partial charge on any atom is -0.388 e. The number of aliphatic hydroxyl groups is 3. The van der Waals surface area contributed by atoms with Crippen LogP contribution in [0.2, 0.25) is 0 Å². The van der Waals surface area contributed by atoms with Gasteiger partial charge in [0.05, 0.1) is 12.2 Å². The van der Waals surface area contributed by atoms with E-state index in [1.807, 2.05) is 13.8 Å². The molecule has 1 aliphatic heterocycles. The molecule has 0 saturated carbocycles. The lowest BCUT2D eigenvalue weighted by Gasteiger charge is -2.41. The Morgan fingerprint density at radius 1 is 1.15 bits per heavy atom. The molecular formula is C13H27NO5S. The molecule has 0 aromatic heterocycles. The predicted molar refractivity (Wildman–Crippen MR) is 78.5 cm³/mol. The maximum absolute atomic E-state index is 9.94. The number of hydrogen-bond donors (Lipinski definition) is 4. The molecule has 0 aliphatic carbocycles. The van der Waals surface area contributed by atoms with Crippen molar-refractivity contribution in [2.75, 3.05) is 18.1 Å². The van der Waals surface area contributed by atoms with Gasteiger partial charge in [-0.1, -0.05) is 0 Å². The Kier molecular flexibility index (Phi) is 8.35. The standard InChI is InChI=1S/C13H27NO5S/c1-8(2)18-13-12(17)11(16)10(15)9(19-13)4-7-20-6-3-5-14/h8-13,15-17H,3-7,14H2,1-2H3/t9?,10-,11?,12?,13+/m1/s1. The van der Waals surface area contributed by atoms with E-state index in [1.54, 1.807) is 11.8 Å². The van der Waals surface area contributed by atoms with Gasteiger partial charge in [-0.15, -0.1) is 0 Å². The SMILES string of the molecule is CC(C)O[C@H]1OC(CCSCCCN)[C@@H](O)C(O)C1O. The van der Waals surface area contributed by atoms with E-state index < -0.39 is 30.7 Å². The summed E-state index contributed by atoms with van der Waals surface area (Å²) in [6.07, 6.45) is -3.56. The van der Waals surface area contributed by atoms with Crippen molar-refractivity contribution in [3.63, 3.8) is 0 Å². The van der Waals surface area contributed by atoms with Gasteiger partial charge in [0, 0.05) is 0 Å². The quantitative estimate of drug-likeness (QED) is 0.456. The molecule has 0 spiro atoms. The fourth-order valence-electron chi connectivity index (χ4n) is 2.02. The first-order valence-corrected chi connectivity index (χ1v) is 8.25. The second kappa shape index (κ2) is 9.19. The average Bonchev–Trinajstić information content (AvgIpc) is 2.40. The first-order valence-electron chi connectivity index (χ1n) is 7.10. The molecule has 5 atom stereocenters. The van der Waals surface area contributed by atoms with Crippen LogP contribution < -0.4 is 5.73 Å². The summed E-state index contributed by atoms with van der Waals surface area (Å²) < 4.78 is 11.0. The topological polar surface area (TPSA) is 105 Å². The number of aliphatic hydroxyl groups excluding tert-OH is 3. The highest BCUT2D eigenvalue weighted by molar-refractivity contribution is 7.99. The van der Waals surface area contributed by atoms with Gasteiger partial charge in [-0.3, -0.25) is 0 Å². The van der Waals surface area contributed by atoms with Crippen molar-refractivity contribution in [1.29, 1.82) is 0 Å². The molecule has 6 nitrogen and oxygen atoms in total. The lowest BCUT2D eigenvalue weighted by Crippen LogP contribution is -2.58. The zero-order valence-electron chi connectivity index (χ0n) is 12.1. The van der Waals surface area contributed by atoms with Crippen LogP contribution in [0.3, 0.4) is 0 Å². The molecule has 20 heavy (non-hydrogen) atoms. The summed E-state index contributed by atoms with van der Waals surface area (Å²) in [6, 6.07) is 0. The van der Waals surface area contributed by atoms with E-state index in [1.165, 1.54) is 0 Å². The summed E-state index contributed by atoms with van der Waals surface area (Å²) in [6.45, 7) is 4.32. The van der Waals surface area contributed by atoms with Gasteiger partial charge in [-0.2, -0.15) is 11.8 Å². The summed E-state index contributed by atoms with van der Waals surface area (Å²) >= 11 is 1.73. The van der Waals surface area contributed by atoms with Gasteiger partial charge < -0.3 is 30.5 Å². The predicted octanol–water partition coefficient (Wildman–Crippen LogP) is -0.309. The second-order valence-electron chi connectivity index (χ2n) is 5.24. The third-order valence-corrected chi connectivity index (χ3v) is 4.22. The third-order valence-electron chi connectivity index (χ3n) is 3.11. The molecule has 3 unspecified atom stereocenters. The maximum Gasteiger partial charge on any atom is 0.186 e. The van der Waals surface area contributed by atoms with Gasteiger partial charge in [-0.05, 0) is 44.7 Å². The Morgan fingerprint density at radius 2 is 1.85 bits per heavy atom. The molecule has 0 bridgehead atoms. The van der Waals surface area contributed by atoms with Crippen LogP contribution in [0, 0.1) is 0 Å². The van der Waals surface area contributed by atoms with Crippen LogP contribution >= 0.6 is 11.8 Å². The monoisotopic (exact) mass is 309 g/mol. The lowest BCUT2D eigenvalue weighted by atomic mass is 9.97. The Balaban J connectivity index is 2.43. The number of rotatable bonds is 8. The Labute approximate surface area is 124 Å². The first kappa shape index (κ1) is 18.2. The van der Waals surface area contributed by atoms with E-state index in [9.17, 15) is 15.3 Å². The molecule has 1 aliphatic rings. The molecule has 0 aromatic carbocycles. The van der Waals surface area contributed by atoms with Crippen LogP contribution in [0.4, 0.5) is 0 Å². The van der Waals surface area contributed by atoms with Crippen molar-refractivity contribution < 1.29 is 24.8 Å². The largest absolute Gasteiger partial charge is 0.388 e. The molecule has 1 rings (SSSR count). The average molecular weight is 309 g/mol. The first-order chi connectivity index (χ1) is 9.47. The van der Waals surface area contributed by atoms with E-state index in [-0.39, 0.29) is 6.10 Å². The molecular weight excluding hydrogens is 282 g/mol. The summed E-state index contributed by atoms with van der Waals surface area (Å²) in [5, 5.41) is 29.6. The van der Waals surface area contributed by atoms with Crippen LogP contribution in [0.25, 0.3) is 0 Å². The van der Waals surface area contributed by atoms with Crippen molar-refractivity contribution in [2.24, 2.45) is 5.73 Å². The maximum atomic E-state index is 9.94. The van der Waals surface area contributed by atoms with E-state index in [4.69, 9.17) is 15.2 Å². The van der Waals surface area contributed by atoms with Crippen molar-refractivity contribution in [1.82, 2.24) is 0 Å². The van der Waals surface area contributed by atoms with Gasteiger partial charge in [0.15, 0.2) is 6.29 Å². The highest BCUT2D eigenvalue weighted by Crippen LogP contribution is 2.25. The number of thioether (sulfide) groups is 1. The summed E-state index contributed by atoms with van der Waals surface area (Å²) in [5.41, 5.74) is 5.42. The van der Waals surface area contributed by atoms with Crippen molar-refractivity contribution in [3.8, 4) is 0 Å². The number of ether oxygens (including phenoxy) is 2. The Hall–Kier alpha value is 0.110.